The molecule has 0 bridgehead atoms. The lowest BCUT2D eigenvalue weighted by molar-refractivity contribution is 0.0950. The third-order valence-electron chi connectivity index (χ3n) is 2.25. The Morgan fingerprint density at radius 3 is 2.71 bits per heavy atom. The summed E-state index contributed by atoms with van der Waals surface area (Å²) < 4.78 is 0. The highest BCUT2D eigenvalue weighted by Gasteiger charge is 2.06. The van der Waals surface area contributed by atoms with Gasteiger partial charge in [-0.2, -0.15) is 5.21 Å². The molecule has 1 heterocycles. The van der Waals surface area contributed by atoms with Gasteiger partial charge in [-0.25, -0.2) is 0 Å². The van der Waals surface area contributed by atoms with Crippen LogP contribution in [0.15, 0.2) is 24.3 Å². The Morgan fingerprint density at radius 2 is 2.12 bits per heavy atom. The second-order valence-electron chi connectivity index (χ2n) is 3.41. The Bertz CT molecular complexity index is 478. The topological polar surface area (TPSA) is 110 Å². The highest BCUT2D eigenvalue weighted by molar-refractivity contribution is 5.94. The largest absolute Gasteiger partial charge is 0.345 e. The zero-order valence-electron chi connectivity index (χ0n) is 9.05. The van der Waals surface area contributed by atoms with E-state index in [9.17, 15) is 4.79 Å². The molecule has 0 fully saturated rings. The third-order valence-corrected chi connectivity index (χ3v) is 2.25. The van der Waals surface area contributed by atoms with Gasteiger partial charge in [-0.15, -0.1) is 10.2 Å². The standard InChI is InChI=1S/C10H12N6O/c11-5-7-1-3-8(4-2-7)10(17)12-6-9-13-15-16-14-9/h1-4H,5-6,11H2,(H,12,17)(H,13,14,15,16). The number of tetrazole rings is 1. The van der Waals surface area contributed by atoms with Crippen LogP contribution in [0.2, 0.25) is 0 Å². The molecular formula is C10H12N6O. The summed E-state index contributed by atoms with van der Waals surface area (Å²) in [6.07, 6.45) is 0. The molecule has 4 N–H and O–H groups in total. The zero-order chi connectivity index (χ0) is 12.1. The quantitative estimate of drug-likeness (QED) is 0.663. The lowest BCUT2D eigenvalue weighted by Gasteiger charge is -2.03. The van der Waals surface area contributed by atoms with Crippen molar-refractivity contribution in [3.63, 3.8) is 0 Å². The maximum absolute atomic E-state index is 11.7. The summed E-state index contributed by atoms with van der Waals surface area (Å²) in [4.78, 5) is 11.7. The van der Waals surface area contributed by atoms with Crippen LogP contribution in [0, 0.1) is 0 Å². The average molecular weight is 232 g/mol. The molecule has 0 unspecified atom stereocenters. The minimum atomic E-state index is -0.182. The molecule has 0 aliphatic rings. The van der Waals surface area contributed by atoms with Crippen LogP contribution in [-0.2, 0) is 13.1 Å². The van der Waals surface area contributed by atoms with E-state index < -0.39 is 0 Å². The van der Waals surface area contributed by atoms with Gasteiger partial charge in [0.2, 0.25) is 0 Å². The van der Waals surface area contributed by atoms with Crippen LogP contribution in [0.3, 0.4) is 0 Å². The van der Waals surface area contributed by atoms with Gasteiger partial charge in [0.15, 0.2) is 5.82 Å². The molecule has 0 spiro atoms. The summed E-state index contributed by atoms with van der Waals surface area (Å²) in [5, 5.41) is 15.9. The first-order valence-electron chi connectivity index (χ1n) is 5.09. The molecule has 0 saturated carbocycles. The second kappa shape index (κ2) is 5.17. The molecule has 0 aliphatic heterocycles. The number of aromatic amines is 1. The summed E-state index contributed by atoms with van der Waals surface area (Å²) in [5.74, 6) is 0.260. The van der Waals surface area contributed by atoms with Crippen molar-refractivity contribution in [2.24, 2.45) is 5.73 Å². The Kier molecular flexibility index (Phi) is 3.41. The van der Waals surface area contributed by atoms with E-state index in [4.69, 9.17) is 5.73 Å². The van der Waals surface area contributed by atoms with Crippen molar-refractivity contribution in [3.8, 4) is 0 Å². The number of benzene rings is 1. The fourth-order valence-corrected chi connectivity index (χ4v) is 1.31. The fourth-order valence-electron chi connectivity index (χ4n) is 1.31. The molecule has 1 amide bonds. The number of carbonyl (C=O) groups is 1. The summed E-state index contributed by atoms with van der Waals surface area (Å²) in [6, 6.07) is 7.11. The Morgan fingerprint density at radius 1 is 1.35 bits per heavy atom. The maximum atomic E-state index is 11.7. The molecule has 1 aromatic carbocycles. The molecule has 0 atom stereocenters. The zero-order valence-corrected chi connectivity index (χ0v) is 9.05. The van der Waals surface area contributed by atoms with Crippen molar-refractivity contribution < 1.29 is 4.79 Å². The molecular weight excluding hydrogens is 220 g/mol. The number of rotatable bonds is 4. The van der Waals surface area contributed by atoms with Crippen molar-refractivity contribution in [1.29, 1.82) is 0 Å². The first-order chi connectivity index (χ1) is 8.29. The maximum Gasteiger partial charge on any atom is 0.251 e. The summed E-state index contributed by atoms with van der Waals surface area (Å²) >= 11 is 0. The van der Waals surface area contributed by atoms with E-state index in [0.29, 0.717) is 17.9 Å². The van der Waals surface area contributed by atoms with Gasteiger partial charge in [-0.3, -0.25) is 4.79 Å². The number of hydrogen-bond acceptors (Lipinski definition) is 5. The number of nitrogens with two attached hydrogens (primary N) is 1. The van der Waals surface area contributed by atoms with Gasteiger partial charge in [0, 0.05) is 12.1 Å². The molecule has 0 radical (unpaired) electrons. The van der Waals surface area contributed by atoms with Gasteiger partial charge in [0.25, 0.3) is 5.91 Å². The van der Waals surface area contributed by atoms with Gasteiger partial charge < -0.3 is 11.1 Å². The Balaban J connectivity index is 1.95. The van der Waals surface area contributed by atoms with E-state index in [-0.39, 0.29) is 12.5 Å². The molecule has 1 aromatic heterocycles. The molecule has 2 rings (SSSR count). The van der Waals surface area contributed by atoms with E-state index in [1.807, 2.05) is 12.1 Å². The monoisotopic (exact) mass is 232 g/mol. The van der Waals surface area contributed by atoms with Crippen molar-refractivity contribution in [1.82, 2.24) is 25.9 Å². The number of H-pyrrole nitrogens is 1. The van der Waals surface area contributed by atoms with Crippen molar-refractivity contribution in [2.75, 3.05) is 0 Å². The number of nitrogens with one attached hydrogen (secondary N) is 2. The van der Waals surface area contributed by atoms with Crippen LogP contribution in [-0.4, -0.2) is 26.5 Å². The van der Waals surface area contributed by atoms with Crippen molar-refractivity contribution in [2.45, 2.75) is 13.1 Å². The minimum Gasteiger partial charge on any atom is -0.345 e. The highest BCUT2D eigenvalue weighted by atomic mass is 16.1. The Hall–Kier alpha value is -2.28. The van der Waals surface area contributed by atoms with Gasteiger partial charge >= 0.3 is 0 Å². The van der Waals surface area contributed by atoms with Crippen molar-refractivity contribution >= 4 is 5.91 Å². The molecule has 88 valence electrons. The molecule has 17 heavy (non-hydrogen) atoms. The predicted octanol–water partition coefficient (Wildman–Crippen LogP) is -0.412. The molecule has 7 heteroatoms. The average Bonchev–Trinajstić information content (AvgIpc) is 2.89. The number of carbonyl (C=O) groups excluding carboxylic acids is 1. The first kappa shape index (κ1) is 11.2. The highest BCUT2D eigenvalue weighted by Crippen LogP contribution is 2.03. The van der Waals surface area contributed by atoms with Crippen LogP contribution in [0.1, 0.15) is 21.7 Å². The SMILES string of the molecule is NCc1ccc(C(=O)NCc2nn[nH]n2)cc1. The smallest absolute Gasteiger partial charge is 0.251 e. The normalized spacial score (nSPS) is 10.2. The van der Waals surface area contributed by atoms with E-state index in [2.05, 4.69) is 25.9 Å². The summed E-state index contributed by atoms with van der Waals surface area (Å²) in [6.45, 7) is 0.707. The fraction of sp³-hybridized carbons (Fsp3) is 0.200. The van der Waals surface area contributed by atoms with E-state index in [1.54, 1.807) is 12.1 Å². The molecule has 0 saturated heterocycles. The van der Waals surface area contributed by atoms with Gasteiger partial charge in [-0.05, 0) is 17.7 Å². The van der Waals surface area contributed by atoms with Crippen LogP contribution in [0.25, 0.3) is 0 Å². The molecule has 0 aliphatic carbocycles. The van der Waals surface area contributed by atoms with E-state index >= 15 is 0 Å². The van der Waals surface area contributed by atoms with Gasteiger partial charge in [0.1, 0.15) is 0 Å². The van der Waals surface area contributed by atoms with Gasteiger partial charge in [0.05, 0.1) is 6.54 Å². The number of aromatic nitrogens is 4. The molecule has 2 aromatic rings. The lowest BCUT2D eigenvalue weighted by atomic mass is 10.1. The number of nitrogens with zero attached hydrogens (tertiary/aromatic N) is 3. The minimum absolute atomic E-state index is 0.182. The van der Waals surface area contributed by atoms with Crippen LogP contribution < -0.4 is 11.1 Å². The first-order valence-corrected chi connectivity index (χ1v) is 5.09. The van der Waals surface area contributed by atoms with Crippen LogP contribution in [0.4, 0.5) is 0 Å². The summed E-state index contributed by atoms with van der Waals surface area (Å²) in [7, 11) is 0. The number of amides is 1. The number of hydrogen-bond donors (Lipinski definition) is 3. The predicted molar refractivity (Wildman–Crippen MR) is 59.7 cm³/mol. The van der Waals surface area contributed by atoms with E-state index in [0.717, 1.165) is 5.56 Å². The van der Waals surface area contributed by atoms with E-state index in [1.165, 1.54) is 0 Å². The second-order valence-corrected chi connectivity index (χ2v) is 3.41. The van der Waals surface area contributed by atoms with Crippen molar-refractivity contribution in [3.05, 3.63) is 41.2 Å². The molecule has 7 nitrogen and oxygen atoms in total. The third kappa shape index (κ3) is 2.85. The van der Waals surface area contributed by atoms with Gasteiger partial charge in [-0.1, -0.05) is 17.3 Å². The van der Waals surface area contributed by atoms with Crippen LogP contribution >= 0.6 is 0 Å². The lowest BCUT2D eigenvalue weighted by Crippen LogP contribution is -2.23. The summed E-state index contributed by atoms with van der Waals surface area (Å²) in [5.41, 5.74) is 7.03. The van der Waals surface area contributed by atoms with Crippen LogP contribution in [0.5, 0.6) is 0 Å². The Labute approximate surface area is 97.4 Å².